The SMILES string of the molecule is COc1cc(O)c2c(c1)C(=O)c1c(cc3c(c1O)-c1c(cc(C)c(C(=O)NCC(=O)O)c1O)[C@H](OC1OC(C)C(N)C(OC4OCC(O)C(O)C4O)C1O)[C@H]3O)C2=O. The Morgan fingerprint density at radius 1 is 0.845 bits per heavy atom. The molecule has 11 atom stereocenters. The van der Waals surface area contributed by atoms with Gasteiger partial charge >= 0.3 is 5.97 Å². The Morgan fingerprint density at radius 3 is 2.17 bits per heavy atom. The number of aliphatic hydroxyl groups excluding tert-OH is 5. The lowest BCUT2D eigenvalue weighted by Gasteiger charge is -2.46. The summed E-state index contributed by atoms with van der Waals surface area (Å²) in [4.78, 5) is 52.6. The van der Waals surface area contributed by atoms with Crippen LogP contribution in [0.3, 0.4) is 0 Å². The van der Waals surface area contributed by atoms with Gasteiger partial charge in [0.1, 0.15) is 72.3 Å². The number of hydrogen-bond donors (Lipinski definition) is 11. The summed E-state index contributed by atoms with van der Waals surface area (Å²) in [7, 11) is 1.26. The van der Waals surface area contributed by atoms with Crippen molar-refractivity contribution in [1.82, 2.24) is 5.32 Å². The van der Waals surface area contributed by atoms with Crippen LogP contribution in [-0.2, 0) is 23.7 Å². The Morgan fingerprint density at radius 2 is 1.50 bits per heavy atom. The van der Waals surface area contributed by atoms with Crippen molar-refractivity contribution in [1.29, 1.82) is 0 Å². The molecule has 3 aromatic carbocycles. The first kappa shape index (κ1) is 40.9. The quantitative estimate of drug-likeness (QED) is 0.0989. The first-order valence-electron chi connectivity index (χ1n) is 17.9. The van der Waals surface area contributed by atoms with Gasteiger partial charge < -0.3 is 80.7 Å². The van der Waals surface area contributed by atoms with Crippen LogP contribution < -0.4 is 15.8 Å². The highest BCUT2D eigenvalue weighted by Gasteiger charge is 2.50. The number of phenolic OH excluding ortho intramolecular Hbond substituents is 3. The van der Waals surface area contributed by atoms with E-state index in [4.69, 9.17) is 29.4 Å². The number of aryl methyl sites for hydroxylation is 1. The number of aromatic hydroxyl groups is 3. The maximum atomic E-state index is 14.0. The van der Waals surface area contributed by atoms with Crippen LogP contribution in [0.1, 0.15) is 78.0 Å². The number of nitrogens with two attached hydrogens (primary N) is 1. The van der Waals surface area contributed by atoms with E-state index in [0.717, 1.165) is 12.1 Å². The molecule has 58 heavy (non-hydrogen) atoms. The van der Waals surface area contributed by atoms with Gasteiger partial charge in [0.2, 0.25) is 0 Å². The highest BCUT2D eigenvalue weighted by Crippen LogP contribution is 2.57. The lowest BCUT2D eigenvalue weighted by Crippen LogP contribution is -2.64. The number of methoxy groups -OCH3 is 1. The Labute approximate surface area is 327 Å². The van der Waals surface area contributed by atoms with Crippen LogP contribution in [0.5, 0.6) is 23.0 Å². The zero-order valence-electron chi connectivity index (χ0n) is 30.9. The van der Waals surface area contributed by atoms with E-state index in [0.29, 0.717) is 0 Å². The number of amides is 1. The highest BCUT2D eigenvalue weighted by molar-refractivity contribution is 6.31. The Kier molecular flexibility index (Phi) is 10.7. The summed E-state index contributed by atoms with van der Waals surface area (Å²) >= 11 is 0. The van der Waals surface area contributed by atoms with Crippen molar-refractivity contribution in [2.75, 3.05) is 20.3 Å². The van der Waals surface area contributed by atoms with Crippen molar-refractivity contribution >= 4 is 23.4 Å². The molecule has 9 unspecified atom stereocenters. The van der Waals surface area contributed by atoms with Crippen LogP contribution in [0.2, 0.25) is 0 Å². The Hall–Kier alpha value is -5.26. The number of benzene rings is 3. The molecule has 2 fully saturated rings. The molecule has 4 aliphatic rings. The van der Waals surface area contributed by atoms with E-state index >= 15 is 0 Å². The lowest BCUT2D eigenvalue weighted by atomic mass is 9.74. The van der Waals surface area contributed by atoms with E-state index in [-0.39, 0.29) is 33.6 Å². The minimum atomic E-state index is -1.90. The van der Waals surface area contributed by atoms with E-state index < -0.39 is 149 Å². The van der Waals surface area contributed by atoms with Gasteiger partial charge in [0.05, 0.1) is 42.6 Å². The second-order valence-corrected chi connectivity index (χ2v) is 14.4. The molecule has 3 aromatic rings. The van der Waals surface area contributed by atoms with Crippen LogP contribution in [-0.4, -0.2) is 145 Å². The fraction of sp³-hybridized carbons (Fsp3) is 0.421. The lowest BCUT2D eigenvalue weighted by molar-refractivity contribution is -0.337. The second-order valence-electron chi connectivity index (χ2n) is 14.4. The summed E-state index contributed by atoms with van der Waals surface area (Å²) in [6.45, 7) is 1.59. The number of carboxylic acids is 1. The fourth-order valence-electron chi connectivity index (χ4n) is 7.84. The van der Waals surface area contributed by atoms with Crippen molar-refractivity contribution < 1.29 is 88.8 Å². The molecule has 2 aliphatic carbocycles. The van der Waals surface area contributed by atoms with Crippen LogP contribution in [0.25, 0.3) is 11.1 Å². The Bertz CT molecular complexity index is 2230. The molecule has 0 saturated carbocycles. The number of nitrogens with one attached hydrogen (secondary N) is 1. The standard InChI is InChI=1S/C38H40N2O18/c1-10-4-16-23(30(49)20(10)36(53)40-8-19(43)44)22-14(7-15-24(31(22)50)27(46)13-5-12(54-3)6-17(41)21(13)26(15)45)28(47)34(16)57-38-33(52)35(25(39)11(2)56-38)58-37-32(51)29(48)18(42)9-55-37/h4-7,11,18,25,28-29,32-35,37-38,41-42,47-52H,8-9,39H2,1-3H3,(H,40,53)(H,43,44)/t11?,18?,25?,28-,29?,32?,33?,34-,35?,37?,38?/m0/s1. The molecule has 12 N–H and O–H groups in total. The van der Waals surface area contributed by atoms with Gasteiger partial charge in [-0.2, -0.15) is 0 Å². The second kappa shape index (κ2) is 15.2. The number of fused-ring (bicyclic) bond motifs is 5. The molecular formula is C38H40N2O18. The summed E-state index contributed by atoms with van der Waals surface area (Å²) < 4.78 is 28.4. The van der Waals surface area contributed by atoms with Gasteiger partial charge in [0.25, 0.3) is 5.91 Å². The summed E-state index contributed by atoms with van der Waals surface area (Å²) in [6.07, 6.45) is -16.0. The Balaban J connectivity index is 1.36. The molecule has 0 bridgehead atoms. The third-order valence-corrected chi connectivity index (χ3v) is 10.8. The predicted molar refractivity (Wildman–Crippen MR) is 191 cm³/mol. The van der Waals surface area contributed by atoms with E-state index in [1.807, 2.05) is 0 Å². The molecular weight excluding hydrogens is 772 g/mol. The number of ketones is 2. The largest absolute Gasteiger partial charge is 0.507 e. The average molecular weight is 813 g/mol. The maximum Gasteiger partial charge on any atom is 0.322 e. The molecule has 0 aromatic heterocycles. The van der Waals surface area contributed by atoms with E-state index in [2.05, 4.69) is 5.32 Å². The van der Waals surface area contributed by atoms with Gasteiger partial charge in [-0.15, -0.1) is 0 Å². The molecule has 0 radical (unpaired) electrons. The van der Waals surface area contributed by atoms with Gasteiger partial charge in [-0.1, -0.05) is 6.07 Å². The van der Waals surface area contributed by atoms with Crippen molar-refractivity contribution in [2.45, 2.75) is 81.3 Å². The van der Waals surface area contributed by atoms with Crippen LogP contribution >= 0.6 is 0 Å². The monoisotopic (exact) mass is 812 g/mol. The molecule has 2 saturated heterocycles. The van der Waals surface area contributed by atoms with Gasteiger partial charge in [-0.25, -0.2) is 0 Å². The number of ether oxygens (including phenoxy) is 5. The summed E-state index contributed by atoms with van der Waals surface area (Å²) in [6, 6.07) is 3.51. The number of aliphatic carboxylic acids is 1. The molecule has 310 valence electrons. The number of carbonyl (C=O) groups excluding carboxylic acids is 3. The number of carboxylic acid groups (broad SMARTS) is 1. The minimum Gasteiger partial charge on any atom is -0.507 e. The molecule has 7 rings (SSSR count). The fourth-order valence-corrected chi connectivity index (χ4v) is 7.84. The van der Waals surface area contributed by atoms with E-state index in [1.54, 1.807) is 0 Å². The number of rotatable bonds is 8. The van der Waals surface area contributed by atoms with Crippen molar-refractivity contribution in [3.05, 3.63) is 68.8 Å². The highest BCUT2D eigenvalue weighted by atomic mass is 16.7. The van der Waals surface area contributed by atoms with Crippen molar-refractivity contribution in [3.63, 3.8) is 0 Å². The number of phenols is 3. The van der Waals surface area contributed by atoms with Gasteiger partial charge in [-0.05, 0) is 42.7 Å². The summed E-state index contributed by atoms with van der Waals surface area (Å²) in [5, 5.41) is 100. The molecule has 0 spiro atoms. The molecule has 20 nitrogen and oxygen atoms in total. The van der Waals surface area contributed by atoms with Gasteiger partial charge in [0.15, 0.2) is 24.1 Å². The van der Waals surface area contributed by atoms with E-state index in [1.165, 1.54) is 33.1 Å². The third kappa shape index (κ3) is 6.52. The predicted octanol–water partition coefficient (Wildman–Crippen LogP) is -1.26. The zero-order valence-corrected chi connectivity index (χ0v) is 30.9. The molecule has 20 heteroatoms. The van der Waals surface area contributed by atoms with Crippen LogP contribution in [0.15, 0.2) is 24.3 Å². The maximum absolute atomic E-state index is 14.0. The zero-order chi connectivity index (χ0) is 42.2. The molecule has 1 amide bonds. The van der Waals surface area contributed by atoms with Crippen molar-refractivity contribution in [3.8, 4) is 34.1 Å². The summed E-state index contributed by atoms with van der Waals surface area (Å²) in [5.41, 5.74) is 2.85. The summed E-state index contributed by atoms with van der Waals surface area (Å²) in [5.74, 6) is -6.69. The average Bonchev–Trinajstić information content (AvgIpc) is 3.17. The smallest absolute Gasteiger partial charge is 0.322 e. The van der Waals surface area contributed by atoms with Crippen LogP contribution in [0.4, 0.5) is 0 Å². The first-order valence-corrected chi connectivity index (χ1v) is 17.9. The van der Waals surface area contributed by atoms with Crippen LogP contribution in [0, 0.1) is 6.92 Å². The topological polar surface area (TPSA) is 335 Å². The number of aliphatic hydroxyl groups is 5. The third-order valence-electron chi connectivity index (χ3n) is 10.8. The molecule has 2 heterocycles. The normalized spacial score (nSPS) is 30.1. The number of hydrogen-bond acceptors (Lipinski definition) is 18. The number of carbonyl (C=O) groups is 4. The first-order chi connectivity index (χ1) is 27.4. The van der Waals surface area contributed by atoms with Crippen molar-refractivity contribution in [2.24, 2.45) is 5.73 Å². The minimum absolute atomic E-state index is 0.0121. The molecule has 2 aliphatic heterocycles. The van der Waals surface area contributed by atoms with E-state index in [9.17, 15) is 65.1 Å². The van der Waals surface area contributed by atoms with Gasteiger partial charge in [0, 0.05) is 28.3 Å². The van der Waals surface area contributed by atoms with Gasteiger partial charge in [-0.3, -0.25) is 19.2 Å².